The van der Waals surface area contributed by atoms with Crippen LogP contribution < -0.4 is 11.5 Å². The smallest absolute Gasteiger partial charge is 0.281 e. The summed E-state index contributed by atoms with van der Waals surface area (Å²) in [6.07, 6.45) is 3.57. The van der Waals surface area contributed by atoms with Crippen molar-refractivity contribution in [2.75, 3.05) is 0 Å². The fourth-order valence-corrected chi connectivity index (χ4v) is 2.07. The standard InChI is InChI=1S/C13H12N4O5/c14-13(15)5-4-9(7-11(13)17(21)22)12(18)8-2-1-3-10(6-8)16(19)20/h1-7,9H,14-15H2. The minimum atomic E-state index is -1.76. The van der Waals surface area contributed by atoms with Crippen molar-refractivity contribution in [2.24, 2.45) is 17.4 Å². The molecule has 9 heteroatoms. The second kappa shape index (κ2) is 5.47. The molecule has 1 aliphatic carbocycles. The summed E-state index contributed by atoms with van der Waals surface area (Å²) >= 11 is 0. The highest BCUT2D eigenvalue weighted by Crippen LogP contribution is 2.25. The first kappa shape index (κ1) is 15.5. The van der Waals surface area contributed by atoms with E-state index in [0.29, 0.717) is 0 Å². The molecule has 2 rings (SSSR count). The zero-order valence-corrected chi connectivity index (χ0v) is 11.2. The topological polar surface area (TPSA) is 155 Å². The molecule has 0 aromatic heterocycles. The van der Waals surface area contributed by atoms with Crippen LogP contribution in [0.3, 0.4) is 0 Å². The molecule has 0 aliphatic heterocycles. The van der Waals surface area contributed by atoms with E-state index in [2.05, 4.69) is 0 Å². The second-order valence-electron chi connectivity index (χ2n) is 4.80. The van der Waals surface area contributed by atoms with E-state index < -0.39 is 32.9 Å². The lowest BCUT2D eigenvalue weighted by Gasteiger charge is -2.22. The van der Waals surface area contributed by atoms with Crippen molar-refractivity contribution in [3.8, 4) is 0 Å². The van der Waals surface area contributed by atoms with E-state index in [1.807, 2.05) is 0 Å². The second-order valence-corrected chi connectivity index (χ2v) is 4.80. The summed E-state index contributed by atoms with van der Waals surface area (Å²) in [7, 11) is 0. The van der Waals surface area contributed by atoms with Crippen LogP contribution >= 0.6 is 0 Å². The van der Waals surface area contributed by atoms with Gasteiger partial charge in [0.25, 0.3) is 11.4 Å². The third-order valence-corrected chi connectivity index (χ3v) is 3.20. The van der Waals surface area contributed by atoms with Crippen LogP contribution in [0, 0.1) is 26.1 Å². The molecule has 0 fully saturated rings. The van der Waals surface area contributed by atoms with Gasteiger partial charge in [0, 0.05) is 23.8 Å². The van der Waals surface area contributed by atoms with Crippen LogP contribution in [0.4, 0.5) is 5.69 Å². The Morgan fingerprint density at radius 2 is 1.86 bits per heavy atom. The normalized spacial score (nSPS) is 19.4. The molecule has 0 heterocycles. The van der Waals surface area contributed by atoms with Gasteiger partial charge in [0.05, 0.1) is 15.8 Å². The minimum Gasteiger partial charge on any atom is -0.301 e. The molecule has 1 aromatic rings. The van der Waals surface area contributed by atoms with Gasteiger partial charge in [-0.25, -0.2) is 0 Å². The average molecular weight is 304 g/mol. The Bertz CT molecular complexity index is 723. The van der Waals surface area contributed by atoms with Gasteiger partial charge >= 0.3 is 0 Å². The van der Waals surface area contributed by atoms with Crippen molar-refractivity contribution in [3.05, 3.63) is 74.0 Å². The van der Waals surface area contributed by atoms with E-state index >= 15 is 0 Å². The highest BCUT2D eigenvalue weighted by molar-refractivity contribution is 6.00. The number of benzene rings is 1. The molecule has 4 N–H and O–H groups in total. The van der Waals surface area contributed by atoms with Crippen LogP contribution in [-0.2, 0) is 0 Å². The van der Waals surface area contributed by atoms with E-state index in [1.165, 1.54) is 30.4 Å². The van der Waals surface area contributed by atoms with Crippen LogP contribution in [0.15, 0.2) is 48.2 Å². The van der Waals surface area contributed by atoms with Gasteiger partial charge in [-0.15, -0.1) is 0 Å². The lowest BCUT2D eigenvalue weighted by molar-refractivity contribution is -0.433. The highest BCUT2D eigenvalue weighted by atomic mass is 16.6. The Morgan fingerprint density at radius 3 is 2.45 bits per heavy atom. The lowest BCUT2D eigenvalue weighted by Crippen LogP contribution is -2.52. The Morgan fingerprint density at radius 1 is 1.18 bits per heavy atom. The van der Waals surface area contributed by atoms with Gasteiger partial charge < -0.3 is 11.5 Å². The zero-order chi connectivity index (χ0) is 16.5. The van der Waals surface area contributed by atoms with Crippen molar-refractivity contribution in [2.45, 2.75) is 5.66 Å². The third-order valence-electron chi connectivity index (χ3n) is 3.20. The summed E-state index contributed by atoms with van der Waals surface area (Å²) in [5.41, 5.74) is 8.71. The van der Waals surface area contributed by atoms with Gasteiger partial charge in [-0.3, -0.25) is 25.0 Å². The van der Waals surface area contributed by atoms with Crippen LogP contribution in [0.25, 0.3) is 0 Å². The molecule has 0 saturated heterocycles. The van der Waals surface area contributed by atoms with Crippen LogP contribution in [0.5, 0.6) is 0 Å². The van der Waals surface area contributed by atoms with Crippen molar-refractivity contribution >= 4 is 11.5 Å². The molecule has 1 atom stereocenters. The number of hydrogen-bond acceptors (Lipinski definition) is 7. The van der Waals surface area contributed by atoms with E-state index in [0.717, 1.165) is 12.1 Å². The largest absolute Gasteiger partial charge is 0.301 e. The first-order valence-corrected chi connectivity index (χ1v) is 6.15. The van der Waals surface area contributed by atoms with Crippen molar-refractivity contribution in [1.82, 2.24) is 0 Å². The molecule has 0 bridgehead atoms. The molecule has 0 saturated carbocycles. The summed E-state index contributed by atoms with van der Waals surface area (Å²) in [6.45, 7) is 0. The fourth-order valence-electron chi connectivity index (χ4n) is 2.07. The van der Waals surface area contributed by atoms with E-state index in [9.17, 15) is 25.0 Å². The Kier molecular flexibility index (Phi) is 3.85. The number of hydrogen-bond donors (Lipinski definition) is 2. The predicted octanol–water partition coefficient (Wildman–Crippen LogP) is 0.738. The average Bonchev–Trinajstić information content (AvgIpc) is 2.46. The first-order valence-electron chi connectivity index (χ1n) is 6.15. The fraction of sp³-hybridized carbons (Fsp3) is 0.154. The zero-order valence-electron chi connectivity index (χ0n) is 11.2. The van der Waals surface area contributed by atoms with Crippen LogP contribution in [0.2, 0.25) is 0 Å². The summed E-state index contributed by atoms with van der Waals surface area (Å²) in [5, 5.41) is 21.7. The molecule has 0 spiro atoms. The maximum atomic E-state index is 12.3. The number of nitrogens with zero attached hydrogens (tertiary/aromatic N) is 2. The molecule has 0 amide bonds. The van der Waals surface area contributed by atoms with Gasteiger partial charge in [-0.1, -0.05) is 18.2 Å². The number of nitro benzene ring substituents is 1. The van der Waals surface area contributed by atoms with Gasteiger partial charge in [0.15, 0.2) is 11.4 Å². The number of allylic oxidation sites excluding steroid dienone is 2. The number of Topliss-reactive ketones (excluding diaryl/α,β-unsaturated/α-hetero) is 1. The van der Waals surface area contributed by atoms with Crippen molar-refractivity contribution in [1.29, 1.82) is 0 Å². The SMILES string of the molecule is NC1(N)C=CC(C(=O)c2cccc([N+](=O)[O-])c2)C=C1[N+](=O)[O-]. The van der Waals surface area contributed by atoms with Gasteiger partial charge in [-0.05, 0) is 6.08 Å². The number of carbonyl (C=O) groups excluding carboxylic acids is 1. The molecule has 114 valence electrons. The van der Waals surface area contributed by atoms with E-state index in [4.69, 9.17) is 11.5 Å². The Labute approximate surface area is 124 Å². The molecule has 22 heavy (non-hydrogen) atoms. The van der Waals surface area contributed by atoms with Crippen LogP contribution in [-0.4, -0.2) is 21.3 Å². The van der Waals surface area contributed by atoms with Gasteiger partial charge in [0.1, 0.15) is 0 Å². The first-order chi connectivity index (χ1) is 10.2. The number of nitro groups is 2. The van der Waals surface area contributed by atoms with Crippen molar-refractivity contribution in [3.63, 3.8) is 0 Å². The summed E-state index contributed by atoms with van der Waals surface area (Å²) in [6, 6.07) is 5.13. The molecule has 1 aliphatic rings. The maximum absolute atomic E-state index is 12.3. The Balaban J connectivity index is 2.36. The number of rotatable bonds is 4. The highest BCUT2D eigenvalue weighted by Gasteiger charge is 2.37. The predicted molar refractivity (Wildman–Crippen MR) is 76.2 cm³/mol. The summed E-state index contributed by atoms with van der Waals surface area (Å²) in [4.78, 5) is 32.6. The molecule has 9 nitrogen and oxygen atoms in total. The molecular formula is C13H12N4O5. The number of nitrogens with two attached hydrogens (primary N) is 2. The van der Waals surface area contributed by atoms with E-state index in [1.54, 1.807) is 0 Å². The molecule has 1 unspecified atom stereocenters. The summed E-state index contributed by atoms with van der Waals surface area (Å²) < 4.78 is 0. The quantitative estimate of drug-likeness (QED) is 0.273. The molecule has 1 aromatic carbocycles. The summed E-state index contributed by atoms with van der Waals surface area (Å²) in [5.74, 6) is -1.47. The van der Waals surface area contributed by atoms with Crippen molar-refractivity contribution < 1.29 is 14.6 Å². The maximum Gasteiger partial charge on any atom is 0.281 e. The van der Waals surface area contributed by atoms with Gasteiger partial charge in [-0.2, -0.15) is 0 Å². The van der Waals surface area contributed by atoms with Crippen LogP contribution in [0.1, 0.15) is 10.4 Å². The monoisotopic (exact) mass is 304 g/mol. The number of carbonyl (C=O) groups is 1. The van der Waals surface area contributed by atoms with Gasteiger partial charge in [0.2, 0.25) is 0 Å². The minimum absolute atomic E-state index is 0.0735. The third kappa shape index (κ3) is 2.90. The lowest BCUT2D eigenvalue weighted by atomic mass is 9.88. The molecular weight excluding hydrogens is 292 g/mol. The molecule has 0 radical (unpaired) electrons. The van der Waals surface area contributed by atoms with E-state index in [-0.39, 0.29) is 11.3 Å². The number of non-ortho nitro benzene ring substituents is 1. The Hall–Kier alpha value is -2.91. The number of ketones is 1.